The van der Waals surface area contributed by atoms with E-state index in [1.807, 2.05) is 30.3 Å². The standard InChI is InChI=1S/C13H16N2O3S/c16-12(9-19-10-4-2-1-3-5-10)15-7-6-14-8-11(15)13(17)18/h1-5,11,14H,6-9H2,(H,17,18). The Bertz CT molecular complexity index is 452. The average Bonchev–Trinajstić information content (AvgIpc) is 2.46. The van der Waals surface area contributed by atoms with E-state index < -0.39 is 12.0 Å². The van der Waals surface area contributed by atoms with Crippen molar-refractivity contribution in [2.45, 2.75) is 10.9 Å². The van der Waals surface area contributed by atoms with E-state index in [0.717, 1.165) is 4.90 Å². The number of carbonyl (C=O) groups excluding carboxylic acids is 1. The van der Waals surface area contributed by atoms with Crippen LogP contribution in [0.5, 0.6) is 0 Å². The molecule has 0 aliphatic carbocycles. The molecule has 0 bridgehead atoms. The second-order valence-corrected chi connectivity index (χ2v) is 5.30. The van der Waals surface area contributed by atoms with Gasteiger partial charge in [0.1, 0.15) is 6.04 Å². The van der Waals surface area contributed by atoms with Crippen molar-refractivity contribution in [3.63, 3.8) is 0 Å². The van der Waals surface area contributed by atoms with Crippen LogP contribution in [0.3, 0.4) is 0 Å². The van der Waals surface area contributed by atoms with E-state index in [0.29, 0.717) is 19.6 Å². The SMILES string of the molecule is O=C(O)C1CNCCN1C(=O)CSc1ccccc1. The fourth-order valence-corrected chi connectivity index (χ4v) is 2.77. The number of piperazine rings is 1. The molecule has 6 heteroatoms. The molecule has 19 heavy (non-hydrogen) atoms. The van der Waals surface area contributed by atoms with Crippen molar-refractivity contribution in [2.75, 3.05) is 25.4 Å². The van der Waals surface area contributed by atoms with E-state index in [9.17, 15) is 9.59 Å². The van der Waals surface area contributed by atoms with Crippen LogP contribution in [0.2, 0.25) is 0 Å². The van der Waals surface area contributed by atoms with Gasteiger partial charge >= 0.3 is 5.97 Å². The summed E-state index contributed by atoms with van der Waals surface area (Å²) in [6, 6.07) is 8.87. The number of aliphatic carboxylic acids is 1. The molecule has 1 aromatic carbocycles. The maximum atomic E-state index is 12.1. The summed E-state index contributed by atoms with van der Waals surface area (Å²) in [5.74, 6) is -0.804. The van der Waals surface area contributed by atoms with E-state index in [1.54, 1.807) is 0 Å². The number of carbonyl (C=O) groups is 2. The van der Waals surface area contributed by atoms with Crippen molar-refractivity contribution in [1.29, 1.82) is 0 Å². The summed E-state index contributed by atoms with van der Waals surface area (Å²) >= 11 is 1.43. The first kappa shape index (κ1) is 13.9. The van der Waals surface area contributed by atoms with Crippen LogP contribution in [0.15, 0.2) is 35.2 Å². The van der Waals surface area contributed by atoms with Gasteiger partial charge in [-0.1, -0.05) is 18.2 Å². The molecule has 0 saturated carbocycles. The first-order chi connectivity index (χ1) is 9.18. The quantitative estimate of drug-likeness (QED) is 0.793. The Morgan fingerprint density at radius 1 is 1.37 bits per heavy atom. The smallest absolute Gasteiger partial charge is 0.327 e. The summed E-state index contributed by atoms with van der Waals surface area (Å²) in [6.07, 6.45) is 0. The van der Waals surface area contributed by atoms with E-state index in [4.69, 9.17) is 5.11 Å². The third-order valence-electron chi connectivity index (χ3n) is 2.95. The lowest BCUT2D eigenvalue weighted by Gasteiger charge is -2.33. The maximum absolute atomic E-state index is 12.1. The lowest BCUT2D eigenvalue weighted by molar-refractivity contribution is -0.150. The fourth-order valence-electron chi connectivity index (χ4n) is 1.97. The molecule has 102 valence electrons. The van der Waals surface area contributed by atoms with Crippen LogP contribution in [0.1, 0.15) is 0 Å². The summed E-state index contributed by atoms with van der Waals surface area (Å²) in [6.45, 7) is 1.41. The van der Waals surface area contributed by atoms with Gasteiger partial charge in [0, 0.05) is 24.5 Å². The van der Waals surface area contributed by atoms with E-state index in [2.05, 4.69) is 5.32 Å². The van der Waals surface area contributed by atoms with Gasteiger partial charge in [0.2, 0.25) is 5.91 Å². The van der Waals surface area contributed by atoms with Crippen molar-refractivity contribution in [2.24, 2.45) is 0 Å². The molecule has 2 N–H and O–H groups in total. The average molecular weight is 280 g/mol. The number of carboxylic acids is 1. The van der Waals surface area contributed by atoms with Gasteiger partial charge < -0.3 is 15.3 Å². The number of rotatable bonds is 4. The van der Waals surface area contributed by atoms with Crippen LogP contribution in [-0.2, 0) is 9.59 Å². The monoisotopic (exact) mass is 280 g/mol. The predicted octanol–water partition coefficient (Wildman–Crippen LogP) is 0.664. The molecule has 1 aliphatic heterocycles. The van der Waals surface area contributed by atoms with Crippen LogP contribution < -0.4 is 5.32 Å². The van der Waals surface area contributed by atoms with Crippen LogP contribution in [0, 0.1) is 0 Å². The summed E-state index contributed by atoms with van der Waals surface area (Å²) in [5, 5.41) is 12.1. The minimum atomic E-state index is -0.953. The first-order valence-electron chi connectivity index (χ1n) is 6.09. The molecule has 1 aliphatic rings. The molecule has 1 aromatic rings. The molecule has 1 saturated heterocycles. The molecule has 1 amide bonds. The van der Waals surface area contributed by atoms with Crippen molar-refractivity contribution >= 4 is 23.6 Å². The summed E-state index contributed by atoms with van der Waals surface area (Å²) in [7, 11) is 0. The number of nitrogens with one attached hydrogen (secondary N) is 1. The molecule has 0 aromatic heterocycles. The number of amides is 1. The summed E-state index contributed by atoms with van der Waals surface area (Å²) in [4.78, 5) is 25.7. The van der Waals surface area contributed by atoms with Crippen molar-refractivity contribution in [3.05, 3.63) is 30.3 Å². The molecule has 0 spiro atoms. The van der Waals surface area contributed by atoms with E-state index >= 15 is 0 Å². The highest BCUT2D eigenvalue weighted by molar-refractivity contribution is 8.00. The van der Waals surface area contributed by atoms with Crippen molar-refractivity contribution in [1.82, 2.24) is 10.2 Å². The highest BCUT2D eigenvalue weighted by Gasteiger charge is 2.31. The van der Waals surface area contributed by atoms with Gasteiger partial charge in [-0.25, -0.2) is 4.79 Å². The van der Waals surface area contributed by atoms with Crippen molar-refractivity contribution < 1.29 is 14.7 Å². The summed E-state index contributed by atoms with van der Waals surface area (Å²) < 4.78 is 0. The van der Waals surface area contributed by atoms with Crippen molar-refractivity contribution in [3.8, 4) is 0 Å². The number of nitrogens with zero attached hydrogens (tertiary/aromatic N) is 1. The zero-order valence-electron chi connectivity index (χ0n) is 10.4. The molecule has 2 rings (SSSR count). The number of benzene rings is 1. The highest BCUT2D eigenvalue weighted by Crippen LogP contribution is 2.18. The largest absolute Gasteiger partial charge is 0.480 e. The van der Waals surface area contributed by atoms with Crippen LogP contribution in [0.4, 0.5) is 0 Å². The fraction of sp³-hybridized carbons (Fsp3) is 0.385. The minimum Gasteiger partial charge on any atom is -0.480 e. The highest BCUT2D eigenvalue weighted by atomic mass is 32.2. The van der Waals surface area contributed by atoms with Gasteiger partial charge in [-0.3, -0.25) is 4.79 Å². The Morgan fingerprint density at radius 3 is 2.79 bits per heavy atom. The Hall–Kier alpha value is -1.53. The zero-order chi connectivity index (χ0) is 13.7. The molecule has 5 nitrogen and oxygen atoms in total. The third kappa shape index (κ3) is 3.71. The predicted molar refractivity (Wildman–Crippen MR) is 73.2 cm³/mol. The molecule has 1 fully saturated rings. The molecule has 0 radical (unpaired) electrons. The molecule has 1 heterocycles. The Labute approximate surface area is 116 Å². The van der Waals surface area contributed by atoms with Gasteiger partial charge in [-0.05, 0) is 12.1 Å². The third-order valence-corrected chi connectivity index (χ3v) is 3.95. The lowest BCUT2D eigenvalue weighted by Crippen LogP contribution is -2.57. The van der Waals surface area contributed by atoms with Crippen LogP contribution in [0.25, 0.3) is 0 Å². The Balaban J connectivity index is 1.93. The maximum Gasteiger partial charge on any atom is 0.327 e. The zero-order valence-corrected chi connectivity index (χ0v) is 11.2. The van der Waals surface area contributed by atoms with Gasteiger partial charge in [-0.15, -0.1) is 11.8 Å². The normalized spacial score (nSPS) is 19.2. The van der Waals surface area contributed by atoms with Gasteiger partial charge in [-0.2, -0.15) is 0 Å². The van der Waals surface area contributed by atoms with E-state index in [1.165, 1.54) is 16.7 Å². The topological polar surface area (TPSA) is 69.6 Å². The van der Waals surface area contributed by atoms with Crippen LogP contribution in [-0.4, -0.2) is 53.3 Å². The molecule has 1 atom stereocenters. The van der Waals surface area contributed by atoms with Gasteiger partial charge in [0.05, 0.1) is 5.75 Å². The number of hydrogen-bond donors (Lipinski definition) is 2. The lowest BCUT2D eigenvalue weighted by atomic mass is 10.2. The number of thioether (sulfide) groups is 1. The van der Waals surface area contributed by atoms with Gasteiger partial charge in [0.25, 0.3) is 0 Å². The Kier molecular flexibility index (Phi) is 4.81. The Morgan fingerprint density at radius 2 is 2.11 bits per heavy atom. The summed E-state index contributed by atoms with van der Waals surface area (Å²) in [5.41, 5.74) is 0. The molecular weight excluding hydrogens is 264 g/mol. The number of hydrogen-bond acceptors (Lipinski definition) is 4. The van der Waals surface area contributed by atoms with Crippen LogP contribution >= 0.6 is 11.8 Å². The molecule has 1 unspecified atom stereocenters. The second kappa shape index (κ2) is 6.58. The van der Waals surface area contributed by atoms with Gasteiger partial charge in [0.15, 0.2) is 0 Å². The second-order valence-electron chi connectivity index (χ2n) is 4.25. The number of carboxylic acid groups (broad SMARTS) is 1. The van der Waals surface area contributed by atoms with E-state index in [-0.39, 0.29) is 11.7 Å². The molecular formula is C13H16N2O3S. The minimum absolute atomic E-state index is 0.122. The first-order valence-corrected chi connectivity index (χ1v) is 7.08.